The Kier molecular flexibility index (Phi) is 8.40. The van der Waals surface area contributed by atoms with Crippen LogP contribution in [0.5, 0.6) is 0 Å². The quantitative estimate of drug-likeness (QED) is 0.170. The van der Waals surface area contributed by atoms with E-state index in [9.17, 15) is 13.2 Å². The number of nitrogens with zero attached hydrogens (tertiary/aromatic N) is 2. The van der Waals surface area contributed by atoms with Crippen LogP contribution in [-0.2, 0) is 16.8 Å². The molecule has 0 saturated carbocycles. The maximum Gasteiger partial charge on any atom is 0.252 e. The van der Waals surface area contributed by atoms with Crippen LogP contribution < -0.4 is 16.0 Å². The Labute approximate surface area is 224 Å². The minimum Gasteiger partial charge on any atom is -0.384 e. The van der Waals surface area contributed by atoms with Crippen molar-refractivity contribution in [3.05, 3.63) is 107 Å². The van der Waals surface area contributed by atoms with Crippen molar-refractivity contribution < 1.29 is 13.2 Å². The summed E-state index contributed by atoms with van der Waals surface area (Å²) >= 11 is 0. The molecule has 9 heteroatoms. The summed E-state index contributed by atoms with van der Waals surface area (Å²) in [6.07, 6.45) is 3.69. The molecule has 1 unspecified atom stereocenters. The van der Waals surface area contributed by atoms with E-state index in [1.807, 2.05) is 61.4 Å². The van der Waals surface area contributed by atoms with Gasteiger partial charge in [-0.05, 0) is 42.9 Å². The molecule has 196 valence electrons. The van der Waals surface area contributed by atoms with E-state index in [2.05, 4.69) is 10.2 Å². The molecule has 3 aromatic rings. The van der Waals surface area contributed by atoms with E-state index < -0.39 is 16.3 Å². The Bertz CT molecular complexity index is 1490. The molecule has 38 heavy (non-hydrogen) atoms. The Morgan fingerprint density at radius 1 is 1.03 bits per heavy atom. The maximum absolute atomic E-state index is 13.2. The molecule has 1 aliphatic carbocycles. The third-order valence-corrected chi connectivity index (χ3v) is 7.41. The van der Waals surface area contributed by atoms with Gasteiger partial charge in [0.25, 0.3) is 5.91 Å². The second-order valence-electron chi connectivity index (χ2n) is 9.08. The number of nitrogens with one attached hydrogen (secondary N) is 2. The highest BCUT2D eigenvalue weighted by atomic mass is 32.2. The zero-order valence-corrected chi connectivity index (χ0v) is 22.2. The van der Waals surface area contributed by atoms with Gasteiger partial charge < -0.3 is 16.0 Å². The number of rotatable bonds is 9. The molecule has 8 nitrogen and oxygen atoms in total. The molecule has 4 rings (SSSR count). The highest BCUT2D eigenvalue weighted by Crippen LogP contribution is 2.29. The van der Waals surface area contributed by atoms with Crippen LogP contribution in [0.3, 0.4) is 0 Å². The second-order valence-corrected chi connectivity index (χ2v) is 9.99. The van der Waals surface area contributed by atoms with E-state index in [1.54, 1.807) is 42.5 Å². The fourth-order valence-electron chi connectivity index (χ4n) is 4.42. The van der Waals surface area contributed by atoms with Gasteiger partial charge in [0.2, 0.25) is 10.3 Å². The Morgan fingerprint density at radius 3 is 2.37 bits per heavy atom. The van der Waals surface area contributed by atoms with Gasteiger partial charge in [0.1, 0.15) is 10.7 Å². The molecule has 0 heterocycles. The number of carbonyl (C=O) groups is 1. The van der Waals surface area contributed by atoms with E-state index in [1.165, 1.54) is 0 Å². The zero-order chi connectivity index (χ0) is 27.2. The molecule has 1 aliphatic rings. The van der Waals surface area contributed by atoms with Crippen molar-refractivity contribution in [2.45, 2.75) is 19.5 Å². The summed E-state index contributed by atoms with van der Waals surface area (Å²) in [6.45, 7) is 3.65. The highest BCUT2D eigenvalue weighted by molar-refractivity contribution is 7.73. The molecule has 0 saturated heterocycles. The highest BCUT2D eigenvalue weighted by Gasteiger charge is 2.31. The standard InChI is InChI=1S/C29H31N5O3S/c1-3-33(2)19-34(22-8-5-4-6-9-22)26-17-16-23-24(27(26)38(36)37)10-7-11-25(23)29(35)32-18-20-12-14-21(15-13-20)28(30)31/h4-17,26H,3,18-19H2,1-2H3,(H3,30,31)(H,32,35). The Morgan fingerprint density at radius 2 is 1.74 bits per heavy atom. The second kappa shape index (κ2) is 11.9. The van der Waals surface area contributed by atoms with Gasteiger partial charge in [0.15, 0.2) is 0 Å². The predicted molar refractivity (Wildman–Crippen MR) is 153 cm³/mol. The summed E-state index contributed by atoms with van der Waals surface area (Å²) < 4.78 is 25.3. The topological polar surface area (TPSA) is 120 Å². The van der Waals surface area contributed by atoms with Crippen LogP contribution in [0.15, 0.2) is 78.9 Å². The molecule has 1 amide bonds. The zero-order valence-electron chi connectivity index (χ0n) is 21.4. The molecular weight excluding hydrogens is 498 g/mol. The number of anilines is 1. The molecule has 0 spiro atoms. The van der Waals surface area contributed by atoms with Gasteiger partial charge in [-0.3, -0.25) is 15.1 Å². The number of para-hydroxylation sites is 1. The monoisotopic (exact) mass is 529 g/mol. The van der Waals surface area contributed by atoms with Crippen molar-refractivity contribution in [3.63, 3.8) is 0 Å². The molecule has 0 aliphatic heterocycles. The number of carbonyl (C=O) groups excluding carboxylic acids is 1. The lowest BCUT2D eigenvalue weighted by Gasteiger charge is -2.37. The number of fused-ring (bicyclic) bond motifs is 1. The number of nitrogens with two attached hydrogens (primary N) is 1. The summed E-state index contributed by atoms with van der Waals surface area (Å²) in [7, 11) is -0.533. The number of amides is 1. The fourth-order valence-corrected chi connectivity index (χ4v) is 5.18. The summed E-state index contributed by atoms with van der Waals surface area (Å²) in [5.41, 5.74) is 9.37. The summed E-state index contributed by atoms with van der Waals surface area (Å²) in [6, 6.07) is 21.4. The van der Waals surface area contributed by atoms with Crippen LogP contribution in [-0.4, -0.2) is 56.2 Å². The lowest BCUT2D eigenvalue weighted by Crippen LogP contribution is -2.47. The van der Waals surface area contributed by atoms with E-state index >= 15 is 0 Å². The van der Waals surface area contributed by atoms with Gasteiger partial charge in [0.05, 0.1) is 12.7 Å². The van der Waals surface area contributed by atoms with Gasteiger partial charge in [-0.1, -0.05) is 73.7 Å². The molecule has 0 radical (unpaired) electrons. The number of hydrogen-bond donors (Lipinski definition) is 3. The third kappa shape index (κ3) is 5.85. The van der Waals surface area contributed by atoms with Gasteiger partial charge in [-0.15, -0.1) is 0 Å². The molecule has 0 fully saturated rings. The first kappa shape index (κ1) is 26.8. The summed E-state index contributed by atoms with van der Waals surface area (Å²) in [5.74, 6) is -0.321. The number of hydrogen-bond acceptors (Lipinski definition) is 6. The minimum absolute atomic E-state index is 0.0171. The van der Waals surface area contributed by atoms with E-state index in [0.717, 1.165) is 17.8 Å². The molecule has 4 N–H and O–H groups in total. The SMILES string of the molecule is CCN(C)CN(c1ccccc1)C1C=Cc2c(C(=O)NCc3ccc(C(=N)N)cc3)cccc2C1=S(=O)=O. The van der Waals surface area contributed by atoms with Gasteiger partial charge in [0, 0.05) is 28.9 Å². The average molecular weight is 530 g/mol. The van der Waals surface area contributed by atoms with Crippen molar-refractivity contribution in [2.75, 3.05) is 25.2 Å². The van der Waals surface area contributed by atoms with Crippen molar-refractivity contribution >= 4 is 38.7 Å². The van der Waals surface area contributed by atoms with Crippen LogP contribution in [0.4, 0.5) is 5.69 Å². The Balaban J connectivity index is 1.65. The minimum atomic E-state index is -2.52. The average Bonchev–Trinajstić information content (AvgIpc) is 2.94. The van der Waals surface area contributed by atoms with Crippen LogP contribution in [0.1, 0.15) is 39.5 Å². The van der Waals surface area contributed by atoms with Crippen molar-refractivity contribution in [1.29, 1.82) is 5.41 Å². The molecule has 0 aromatic heterocycles. The van der Waals surface area contributed by atoms with E-state index in [0.29, 0.717) is 28.9 Å². The van der Waals surface area contributed by atoms with Gasteiger partial charge in [-0.25, -0.2) is 0 Å². The Hall–Kier alpha value is -4.21. The third-order valence-electron chi connectivity index (χ3n) is 6.58. The predicted octanol–water partition coefficient (Wildman–Crippen LogP) is 3.11. The first-order chi connectivity index (χ1) is 18.3. The molecule has 1 atom stereocenters. The normalized spacial score (nSPS) is 14.2. The van der Waals surface area contributed by atoms with Crippen LogP contribution in [0, 0.1) is 5.41 Å². The maximum atomic E-state index is 13.2. The number of nitrogen functional groups attached to an aromatic ring is 1. The van der Waals surface area contributed by atoms with Gasteiger partial charge in [-0.2, -0.15) is 8.42 Å². The molecule has 3 aromatic carbocycles. The molecular formula is C29H31N5O3S. The van der Waals surface area contributed by atoms with Crippen molar-refractivity contribution in [2.24, 2.45) is 5.73 Å². The van der Waals surface area contributed by atoms with Crippen LogP contribution in [0.25, 0.3) is 6.08 Å². The smallest absolute Gasteiger partial charge is 0.252 e. The first-order valence-corrected chi connectivity index (χ1v) is 13.4. The van der Waals surface area contributed by atoms with Gasteiger partial charge >= 0.3 is 0 Å². The fraction of sp³-hybridized carbons (Fsp3) is 0.207. The van der Waals surface area contributed by atoms with Crippen LogP contribution >= 0.6 is 0 Å². The lowest BCUT2D eigenvalue weighted by molar-refractivity contribution is 0.0950. The van der Waals surface area contributed by atoms with Crippen molar-refractivity contribution in [1.82, 2.24) is 10.2 Å². The summed E-state index contributed by atoms with van der Waals surface area (Å²) in [5, 5.41) is 10.4. The van der Waals surface area contributed by atoms with E-state index in [4.69, 9.17) is 11.1 Å². The van der Waals surface area contributed by atoms with Crippen molar-refractivity contribution in [3.8, 4) is 0 Å². The largest absolute Gasteiger partial charge is 0.384 e. The summed E-state index contributed by atoms with van der Waals surface area (Å²) in [4.78, 5) is 17.6. The first-order valence-electron chi connectivity index (χ1n) is 12.3. The molecule has 0 bridgehead atoms. The number of benzene rings is 3. The lowest BCUT2D eigenvalue weighted by atomic mass is 9.89. The van der Waals surface area contributed by atoms with E-state index in [-0.39, 0.29) is 23.2 Å². The van der Waals surface area contributed by atoms with Crippen LogP contribution in [0.2, 0.25) is 0 Å². The number of amidine groups is 1.